The molecule has 0 aliphatic heterocycles. The van der Waals surface area contributed by atoms with Crippen molar-refractivity contribution in [3.8, 4) is 11.1 Å². The molecule has 0 heterocycles. The first-order valence-corrected chi connectivity index (χ1v) is 6.71. The van der Waals surface area contributed by atoms with Gasteiger partial charge in [0.15, 0.2) is 0 Å². The summed E-state index contributed by atoms with van der Waals surface area (Å²) in [6.45, 7) is 2.07. The minimum absolute atomic E-state index is 0.154. The summed E-state index contributed by atoms with van der Waals surface area (Å²) in [6.07, 6.45) is 2.05. The second-order valence-electron chi connectivity index (χ2n) is 5.18. The monoisotopic (exact) mass is 251 g/mol. The first-order chi connectivity index (χ1) is 9.24. The number of anilines is 1. The lowest BCUT2D eigenvalue weighted by molar-refractivity contribution is -0.117. The van der Waals surface area contributed by atoms with E-state index in [1.165, 1.54) is 5.56 Å². The van der Waals surface area contributed by atoms with Crippen LogP contribution in [0.15, 0.2) is 48.5 Å². The molecule has 0 aromatic heterocycles. The second-order valence-corrected chi connectivity index (χ2v) is 5.18. The minimum atomic E-state index is 0.154. The van der Waals surface area contributed by atoms with Gasteiger partial charge in [0.05, 0.1) is 0 Å². The van der Waals surface area contributed by atoms with Gasteiger partial charge in [0.2, 0.25) is 5.91 Å². The van der Waals surface area contributed by atoms with Gasteiger partial charge < -0.3 is 5.32 Å². The number of carbonyl (C=O) groups is 1. The number of rotatable bonds is 3. The molecule has 0 bridgehead atoms. The number of hydrogen-bond acceptors (Lipinski definition) is 1. The van der Waals surface area contributed by atoms with Crippen molar-refractivity contribution in [2.75, 3.05) is 5.32 Å². The Bertz CT molecular complexity index is 600. The molecule has 96 valence electrons. The fourth-order valence-electron chi connectivity index (χ4n) is 2.20. The summed E-state index contributed by atoms with van der Waals surface area (Å²) in [5, 5.41) is 3.06. The number of benzene rings is 2. The van der Waals surface area contributed by atoms with Crippen LogP contribution < -0.4 is 5.32 Å². The van der Waals surface area contributed by atoms with Gasteiger partial charge >= 0.3 is 0 Å². The predicted molar refractivity (Wildman–Crippen MR) is 78.0 cm³/mol. The molecule has 2 aromatic rings. The molecule has 1 saturated carbocycles. The molecule has 2 heteroatoms. The summed E-state index contributed by atoms with van der Waals surface area (Å²) >= 11 is 0. The molecule has 1 aliphatic carbocycles. The summed E-state index contributed by atoms with van der Waals surface area (Å²) < 4.78 is 0. The van der Waals surface area contributed by atoms with Crippen LogP contribution in [-0.4, -0.2) is 5.91 Å². The van der Waals surface area contributed by atoms with Crippen LogP contribution in [-0.2, 0) is 4.79 Å². The van der Waals surface area contributed by atoms with E-state index in [2.05, 4.69) is 30.4 Å². The molecule has 1 amide bonds. The van der Waals surface area contributed by atoms with Gasteiger partial charge in [-0.25, -0.2) is 0 Å². The topological polar surface area (TPSA) is 29.1 Å². The fraction of sp³-hybridized carbons (Fsp3) is 0.235. The summed E-state index contributed by atoms with van der Waals surface area (Å²) in [4.78, 5) is 11.9. The van der Waals surface area contributed by atoms with Crippen LogP contribution in [0.3, 0.4) is 0 Å². The van der Waals surface area contributed by atoms with E-state index in [9.17, 15) is 4.79 Å². The van der Waals surface area contributed by atoms with Crippen LogP contribution >= 0.6 is 0 Å². The van der Waals surface area contributed by atoms with Gasteiger partial charge in [0, 0.05) is 17.2 Å². The number of hydrogen-bond donors (Lipinski definition) is 1. The predicted octanol–water partition coefficient (Wildman–Crippen LogP) is 4.01. The van der Waals surface area contributed by atoms with Crippen molar-refractivity contribution in [1.29, 1.82) is 0 Å². The third kappa shape index (κ3) is 2.68. The van der Waals surface area contributed by atoms with Crippen LogP contribution in [0.1, 0.15) is 18.4 Å². The molecule has 0 atom stereocenters. The molecule has 19 heavy (non-hydrogen) atoms. The van der Waals surface area contributed by atoms with Crippen molar-refractivity contribution in [2.24, 2.45) is 5.92 Å². The summed E-state index contributed by atoms with van der Waals surface area (Å²) in [6, 6.07) is 16.3. The van der Waals surface area contributed by atoms with Gasteiger partial charge in [-0.3, -0.25) is 4.79 Å². The molecule has 1 fully saturated rings. The summed E-state index contributed by atoms with van der Waals surface area (Å²) in [5.74, 6) is 0.381. The fourth-order valence-corrected chi connectivity index (χ4v) is 2.20. The average molecular weight is 251 g/mol. The lowest BCUT2D eigenvalue weighted by Crippen LogP contribution is -2.14. The minimum Gasteiger partial charge on any atom is -0.325 e. The number of aryl methyl sites for hydroxylation is 1. The van der Waals surface area contributed by atoms with E-state index in [4.69, 9.17) is 0 Å². The van der Waals surface area contributed by atoms with E-state index in [0.717, 1.165) is 29.7 Å². The maximum atomic E-state index is 11.9. The van der Waals surface area contributed by atoms with Crippen LogP contribution in [0.5, 0.6) is 0 Å². The number of amides is 1. The summed E-state index contributed by atoms with van der Waals surface area (Å²) in [5.41, 5.74) is 4.34. The maximum Gasteiger partial charge on any atom is 0.227 e. The Morgan fingerprint density at radius 3 is 2.53 bits per heavy atom. The highest BCUT2D eigenvalue weighted by molar-refractivity contribution is 5.98. The van der Waals surface area contributed by atoms with E-state index < -0.39 is 0 Å². The molecule has 1 N–H and O–H groups in total. The standard InChI is InChI=1S/C17H17NO/c1-12-7-10-16(18-17(19)14-8-9-14)15(11-12)13-5-3-2-4-6-13/h2-7,10-11,14H,8-9H2,1H3,(H,18,19). The molecule has 0 radical (unpaired) electrons. The van der Waals surface area contributed by atoms with Crippen molar-refractivity contribution in [1.82, 2.24) is 0 Å². The molecule has 0 spiro atoms. The lowest BCUT2D eigenvalue weighted by Gasteiger charge is -2.12. The van der Waals surface area contributed by atoms with E-state index in [0.29, 0.717) is 0 Å². The van der Waals surface area contributed by atoms with Crippen LogP contribution in [0.25, 0.3) is 11.1 Å². The van der Waals surface area contributed by atoms with Gasteiger partial charge in [0.25, 0.3) is 0 Å². The van der Waals surface area contributed by atoms with Gasteiger partial charge in [-0.1, -0.05) is 42.0 Å². The zero-order valence-electron chi connectivity index (χ0n) is 11.0. The SMILES string of the molecule is Cc1ccc(NC(=O)C2CC2)c(-c2ccccc2)c1. The quantitative estimate of drug-likeness (QED) is 0.877. The largest absolute Gasteiger partial charge is 0.325 e. The van der Waals surface area contributed by atoms with Crippen molar-refractivity contribution < 1.29 is 4.79 Å². The second kappa shape index (κ2) is 4.88. The first kappa shape index (κ1) is 12.0. The van der Waals surface area contributed by atoms with E-state index in [1.807, 2.05) is 30.3 Å². The van der Waals surface area contributed by atoms with Crippen LogP contribution in [0.2, 0.25) is 0 Å². The van der Waals surface area contributed by atoms with Crippen molar-refractivity contribution in [2.45, 2.75) is 19.8 Å². The number of nitrogens with one attached hydrogen (secondary N) is 1. The van der Waals surface area contributed by atoms with Gasteiger partial charge in [-0.2, -0.15) is 0 Å². The molecule has 0 saturated heterocycles. The Hall–Kier alpha value is -2.09. The smallest absolute Gasteiger partial charge is 0.227 e. The molecule has 2 aromatic carbocycles. The Morgan fingerprint density at radius 1 is 1.11 bits per heavy atom. The van der Waals surface area contributed by atoms with Crippen molar-refractivity contribution in [3.63, 3.8) is 0 Å². The lowest BCUT2D eigenvalue weighted by atomic mass is 10.0. The molecular formula is C17H17NO. The Kier molecular flexibility index (Phi) is 3.08. The third-order valence-electron chi connectivity index (χ3n) is 3.47. The van der Waals surface area contributed by atoms with E-state index in [-0.39, 0.29) is 11.8 Å². The highest BCUT2D eigenvalue weighted by atomic mass is 16.2. The normalized spacial score (nSPS) is 14.2. The Balaban J connectivity index is 1.97. The number of carbonyl (C=O) groups excluding carboxylic acids is 1. The van der Waals surface area contributed by atoms with Crippen molar-refractivity contribution in [3.05, 3.63) is 54.1 Å². The Morgan fingerprint density at radius 2 is 1.84 bits per heavy atom. The van der Waals surface area contributed by atoms with Crippen LogP contribution in [0.4, 0.5) is 5.69 Å². The van der Waals surface area contributed by atoms with E-state index in [1.54, 1.807) is 0 Å². The maximum absolute atomic E-state index is 11.9. The average Bonchev–Trinajstić information content (AvgIpc) is 3.26. The molecule has 0 unspecified atom stereocenters. The van der Waals surface area contributed by atoms with Gasteiger partial charge in [-0.15, -0.1) is 0 Å². The molecule has 2 nitrogen and oxygen atoms in total. The van der Waals surface area contributed by atoms with Gasteiger partial charge in [-0.05, 0) is 37.5 Å². The zero-order chi connectivity index (χ0) is 13.2. The highest BCUT2D eigenvalue weighted by Crippen LogP contribution is 2.33. The Labute approximate surface area is 113 Å². The van der Waals surface area contributed by atoms with Crippen molar-refractivity contribution >= 4 is 11.6 Å². The molecule has 1 aliphatic rings. The van der Waals surface area contributed by atoms with E-state index >= 15 is 0 Å². The van der Waals surface area contributed by atoms with Crippen LogP contribution in [0, 0.1) is 12.8 Å². The first-order valence-electron chi connectivity index (χ1n) is 6.71. The zero-order valence-corrected chi connectivity index (χ0v) is 11.0. The molecular weight excluding hydrogens is 234 g/mol. The third-order valence-corrected chi connectivity index (χ3v) is 3.47. The highest BCUT2D eigenvalue weighted by Gasteiger charge is 2.29. The summed E-state index contributed by atoms with van der Waals surface area (Å²) in [7, 11) is 0. The molecule has 3 rings (SSSR count). The van der Waals surface area contributed by atoms with Gasteiger partial charge in [0.1, 0.15) is 0 Å².